The lowest BCUT2D eigenvalue weighted by Gasteiger charge is -2.23. The molecule has 0 radical (unpaired) electrons. The first kappa shape index (κ1) is 23.4. The molecule has 0 saturated carbocycles. The quantitative estimate of drug-likeness (QED) is 0.413. The molecule has 0 aliphatic heterocycles. The van der Waals surface area contributed by atoms with Gasteiger partial charge in [-0.3, -0.25) is 14.9 Å². The Labute approximate surface area is 199 Å². The fourth-order valence-electron chi connectivity index (χ4n) is 3.86. The van der Waals surface area contributed by atoms with E-state index in [2.05, 4.69) is 33.8 Å². The molecule has 7 nitrogen and oxygen atoms in total. The highest BCUT2D eigenvalue weighted by atomic mass is 32.2. The van der Waals surface area contributed by atoms with E-state index in [1.54, 1.807) is 36.4 Å². The summed E-state index contributed by atoms with van der Waals surface area (Å²) < 4.78 is 33.2. The van der Waals surface area contributed by atoms with Crippen LogP contribution in [0.1, 0.15) is 41.1 Å². The monoisotopic (exact) mass is 477 g/mol. The van der Waals surface area contributed by atoms with Gasteiger partial charge in [-0.15, -0.1) is 0 Å². The highest BCUT2D eigenvalue weighted by Gasteiger charge is 2.18. The number of allylic oxidation sites excluding steroid dienone is 2. The third kappa shape index (κ3) is 5.77. The number of hydrogen-bond donors (Lipinski definition) is 3. The van der Waals surface area contributed by atoms with Crippen LogP contribution in [0.2, 0.25) is 0 Å². The molecule has 34 heavy (non-hydrogen) atoms. The number of benzene rings is 3. The summed E-state index contributed by atoms with van der Waals surface area (Å²) >= 11 is 0. The van der Waals surface area contributed by atoms with E-state index in [1.165, 1.54) is 24.8 Å². The average Bonchev–Trinajstić information content (AvgIpc) is 2.88. The fourth-order valence-corrected chi connectivity index (χ4v) is 4.97. The highest BCUT2D eigenvalue weighted by molar-refractivity contribution is 7.92. The van der Waals surface area contributed by atoms with Gasteiger partial charge in [-0.2, -0.15) is 0 Å². The van der Waals surface area contributed by atoms with E-state index in [-0.39, 0.29) is 10.5 Å². The Morgan fingerprint density at radius 1 is 0.971 bits per heavy atom. The molecule has 0 bridgehead atoms. The van der Waals surface area contributed by atoms with Crippen LogP contribution < -0.4 is 20.3 Å². The number of nitrogens with one attached hydrogen (secondary N) is 3. The molecule has 3 aromatic carbocycles. The molecule has 1 amide bonds. The second kappa shape index (κ2) is 10.4. The van der Waals surface area contributed by atoms with Crippen LogP contribution in [0.25, 0.3) is 0 Å². The number of anilines is 1. The number of rotatable bonds is 8. The summed E-state index contributed by atoms with van der Waals surface area (Å²) in [4.78, 5) is 12.6. The van der Waals surface area contributed by atoms with Crippen molar-refractivity contribution < 1.29 is 17.9 Å². The largest absolute Gasteiger partial charge is 0.497 e. The van der Waals surface area contributed by atoms with Gasteiger partial charge in [0.15, 0.2) is 0 Å². The molecule has 4 rings (SSSR count). The van der Waals surface area contributed by atoms with Crippen molar-refractivity contribution in [3.8, 4) is 5.75 Å². The number of methoxy groups -OCH3 is 1. The first-order chi connectivity index (χ1) is 16.4. The lowest BCUT2D eigenvalue weighted by Crippen LogP contribution is -2.37. The number of amides is 1. The van der Waals surface area contributed by atoms with E-state index in [0.717, 1.165) is 25.0 Å². The molecule has 1 atom stereocenters. The van der Waals surface area contributed by atoms with E-state index in [0.29, 0.717) is 17.4 Å². The van der Waals surface area contributed by atoms with Crippen LogP contribution >= 0.6 is 0 Å². The molecule has 0 fully saturated rings. The zero-order valence-electron chi connectivity index (χ0n) is 18.8. The van der Waals surface area contributed by atoms with Crippen LogP contribution in [0.4, 0.5) is 5.69 Å². The van der Waals surface area contributed by atoms with Gasteiger partial charge in [-0.25, -0.2) is 8.42 Å². The van der Waals surface area contributed by atoms with E-state index in [9.17, 15) is 13.2 Å². The van der Waals surface area contributed by atoms with Crippen molar-refractivity contribution >= 4 is 21.6 Å². The Balaban J connectivity index is 1.36. The molecule has 8 heteroatoms. The van der Waals surface area contributed by atoms with Crippen molar-refractivity contribution in [1.29, 1.82) is 0 Å². The first-order valence-corrected chi connectivity index (χ1v) is 12.5. The van der Waals surface area contributed by atoms with Crippen LogP contribution in [-0.2, 0) is 10.0 Å². The maximum atomic E-state index is 12.8. The summed E-state index contributed by atoms with van der Waals surface area (Å²) in [7, 11) is -2.32. The molecule has 0 aromatic heterocycles. The van der Waals surface area contributed by atoms with Crippen molar-refractivity contribution in [3.63, 3.8) is 0 Å². The minimum Gasteiger partial charge on any atom is -0.497 e. The molecule has 0 saturated heterocycles. The second-order valence-electron chi connectivity index (χ2n) is 8.05. The summed E-state index contributed by atoms with van der Waals surface area (Å²) in [6, 6.07) is 22.9. The summed E-state index contributed by atoms with van der Waals surface area (Å²) in [5.41, 5.74) is 8.57. The molecule has 0 spiro atoms. The third-order valence-corrected chi connectivity index (χ3v) is 7.15. The lowest BCUT2D eigenvalue weighted by molar-refractivity contribution is 0.0937. The van der Waals surface area contributed by atoms with Crippen molar-refractivity contribution in [3.05, 3.63) is 102 Å². The van der Waals surface area contributed by atoms with Gasteiger partial charge in [0.2, 0.25) is 0 Å². The maximum absolute atomic E-state index is 12.8. The minimum absolute atomic E-state index is 0.00134. The molecule has 3 N–H and O–H groups in total. The zero-order valence-corrected chi connectivity index (χ0v) is 19.6. The Morgan fingerprint density at radius 3 is 2.41 bits per heavy atom. The van der Waals surface area contributed by atoms with E-state index >= 15 is 0 Å². The van der Waals surface area contributed by atoms with Crippen molar-refractivity contribution in [1.82, 2.24) is 10.9 Å². The summed E-state index contributed by atoms with van der Waals surface area (Å²) in [6.07, 6.45) is 4.80. The van der Waals surface area contributed by atoms with Crippen LogP contribution in [-0.4, -0.2) is 21.4 Å². The Bertz CT molecular complexity index is 1270. The fraction of sp³-hybridized carbons (Fsp3) is 0.192. The van der Waals surface area contributed by atoms with Crippen molar-refractivity contribution in [2.45, 2.75) is 30.1 Å². The van der Waals surface area contributed by atoms with Crippen molar-refractivity contribution in [2.24, 2.45) is 0 Å². The minimum atomic E-state index is -3.86. The molecular formula is C26H27N3O4S. The molecule has 3 aromatic rings. The number of hydrazine groups is 1. The summed E-state index contributed by atoms with van der Waals surface area (Å²) in [5.74, 6) is 0.688. The number of carbonyl (C=O) groups is 1. The van der Waals surface area contributed by atoms with Gasteiger partial charge < -0.3 is 10.2 Å². The standard InChI is InChI=1S/C26H27N3O4S/c1-33-24-16-14-23(15-17-24)29-34(31,32)25-9-5-8-21(18-25)26(30)28-27-22-12-10-20(11-13-22)19-6-3-2-4-7-19/h2-9,12,14-18,20,27,29H,10-11,13H2,1H3,(H,28,30)/t20-/m1/s1. The molecule has 0 heterocycles. The Hall–Kier alpha value is -3.78. The normalized spacial score (nSPS) is 15.7. The predicted octanol–water partition coefficient (Wildman–Crippen LogP) is 4.58. The van der Waals surface area contributed by atoms with Gasteiger partial charge in [0, 0.05) is 16.9 Å². The number of carbonyl (C=O) groups excluding carboxylic acids is 1. The molecular weight excluding hydrogens is 450 g/mol. The number of ether oxygens (including phenoxy) is 1. The van der Waals surface area contributed by atoms with Crippen LogP contribution in [0.15, 0.2) is 95.5 Å². The predicted molar refractivity (Wildman–Crippen MR) is 132 cm³/mol. The van der Waals surface area contributed by atoms with Gasteiger partial charge >= 0.3 is 0 Å². The number of sulfonamides is 1. The first-order valence-electron chi connectivity index (χ1n) is 11.0. The topological polar surface area (TPSA) is 96.5 Å². The van der Waals surface area contributed by atoms with E-state index < -0.39 is 15.9 Å². The van der Waals surface area contributed by atoms with Gasteiger partial charge in [0.1, 0.15) is 5.75 Å². The molecule has 176 valence electrons. The van der Waals surface area contributed by atoms with Crippen LogP contribution in [0.5, 0.6) is 5.75 Å². The van der Waals surface area contributed by atoms with Gasteiger partial charge in [-0.1, -0.05) is 42.5 Å². The van der Waals surface area contributed by atoms with E-state index in [4.69, 9.17) is 4.74 Å². The summed E-state index contributed by atoms with van der Waals surface area (Å²) in [6.45, 7) is 0. The van der Waals surface area contributed by atoms with Crippen LogP contribution in [0, 0.1) is 0 Å². The zero-order chi connectivity index (χ0) is 24.0. The SMILES string of the molecule is COc1ccc(NS(=O)(=O)c2cccc(C(=O)NNC3=CC[C@@H](c4ccccc4)CC3)c2)cc1. The van der Waals surface area contributed by atoms with Crippen molar-refractivity contribution in [2.75, 3.05) is 11.8 Å². The van der Waals surface area contributed by atoms with Gasteiger partial charge in [0.05, 0.1) is 12.0 Å². The van der Waals surface area contributed by atoms with Crippen LogP contribution in [0.3, 0.4) is 0 Å². The second-order valence-corrected chi connectivity index (χ2v) is 9.73. The maximum Gasteiger partial charge on any atom is 0.269 e. The molecule has 1 aliphatic carbocycles. The molecule has 0 unspecified atom stereocenters. The highest BCUT2D eigenvalue weighted by Crippen LogP contribution is 2.30. The Kier molecular flexibility index (Phi) is 7.18. The smallest absolute Gasteiger partial charge is 0.269 e. The van der Waals surface area contributed by atoms with E-state index in [1.807, 2.05) is 18.2 Å². The average molecular weight is 478 g/mol. The lowest BCUT2D eigenvalue weighted by atomic mass is 9.87. The molecule has 1 aliphatic rings. The van der Waals surface area contributed by atoms with Gasteiger partial charge in [-0.05, 0) is 73.2 Å². The number of hydrogen-bond acceptors (Lipinski definition) is 5. The third-order valence-electron chi connectivity index (χ3n) is 5.77. The van der Waals surface area contributed by atoms with Gasteiger partial charge in [0.25, 0.3) is 15.9 Å². The Morgan fingerprint density at radius 2 is 1.74 bits per heavy atom. The summed E-state index contributed by atoms with van der Waals surface area (Å²) in [5, 5.41) is 0.